The average molecular weight is 423 g/mol. The summed E-state index contributed by atoms with van der Waals surface area (Å²) in [6.45, 7) is 1.96. The maximum atomic E-state index is 13.5. The van der Waals surface area contributed by atoms with Crippen LogP contribution in [0.2, 0.25) is 0 Å². The summed E-state index contributed by atoms with van der Waals surface area (Å²) in [5, 5.41) is 10.7. The Hall–Kier alpha value is -3.75. The van der Waals surface area contributed by atoms with Gasteiger partial charge in [-0.2, -0.15) is 10.1 Å². The monoisotopic (exact) mass is 423 g/mol. The molecule has 0 fully saturated rings. The second-order valence-corrected chi connectivity index (χ2v) is 7.24. The van der Waals surface area contributed by atoms with E-state index in [4.69, 9.17) is 14.2 Å². The first-order chi connectivity index (χ1) is 15.1. The largest absolute Gasteiger partial charge is 0.495 e. The fourth-order valence-corrected chi connectivity index (χ4v) is 4.00. The third kappa shape index (κ3) is 3.74. The van der Waals surface area contributed by atoms with Crippen LogP contribution in [-0.2, 0) is 4.79 Å². The van der Waals surface area contributed by atoms with Crippen LogP contribution in [0.25, 0.3) is 0 Å². The summed E-state index contributed by atoms with van der Waals surface area (Å²) in [5.41, 5.74) is 1.47. The first kappa shape index (κ1) is 20.5. The predicted molar refractivity (Wildman–Crippen MR) is 116 cm³/mol. The third-order valence-corrected chi connectivity index (χ3v) is 5.49. The van der Waals surface area contributed by atoms with Crippen molar-refractivity contribution in [3.05, 3.63) is 54.4 Å². The Labute approximate surface area is 180 Å². The van der Waals surface area contributed by atoms with Gasteiger partial charge in [0.15, 0.2) is 11.5 Å². The summed E-state index contributed by atoms with van der Waals surface area (Å²) in [7, 11) is 4.74. The number of benzene rings is 2. The summed E-state index contributed by atoms with van der Waals surface area (Å²) in [6, 6.07) is 12.3. The van der Waals surface area contributed by atoms with Gasteiger partial charge in [-0.15, -0.1) is 0 Å². The minimum atomic E-state index is -0.489. The fourth-order valence-electron chi connectivity index (χ4n) is 4.00. The maximum absolute atomic E-state index is 13.5. The van der Waals surface area contributed by atoms with Crippen molar-refractivity contribution >= 4 is 17.5 Å². The molecule has 162 valence electrons. The first-order valence-electron chi connectivity index (χ1n) is 9.89. The van der Waals surface area contributed by atoms with E-state index in [1.165, 1.54) is 6.33 Å². The summed E-state index contributed by atoms with van der Waals surface area (Å²) in [4.78, 5) is 17.8. The number of para-hydroxylation sites is 2. The topological polar surface area (TPSA) is 99.5 Å². The van der Waals surface area contributed by atoms with Crippen LogP contribution >= 0.6 is 0 Å². The van der Waals surface area contributed by atoms with Crippen LogP contribution in [0, 0.1) is 5.92 Å². The van der Waals surface area contributed by atoms with Crippen molar-refractivity contribution in [1.29, 1.82) is 0 Å². The maximum Gasteiger partial charge on any atom is 0.232 e. The Balaban J connectivity index is 1.75. The van der Waals surface area contributed by atoms with Gasteiger partial charge in [-0.25, -0.2) is 4.68 Å². The quantitative estimate of drug-likeness (QED) is 0.629. The van der Waals surface area contributed by atoms with Crippen molar-refractivity contribution in [2.75, 3.05) is 32.0 Å². The molecule has 3 unspecified atom stereocenters. The molecule has 2 N–H and O–H groups in total. The standard InChI is InChI=1S/C22H25N5O4/c1-13-19(21(28)26-15-7-5-6-8-16(15)29-2)20(27-22(25-13)23-12-24-27)14-9-10-17(30-3)18(11-14)31-4/h5-13,19-20H,1-4H3,(H,26,28)(H,23,24,25). The Kier molecular flexibility index (Phi) is 5.66. The molecule has 0 saturated carbocycles. The van der Waals surface area contributed by atoms with Gasteiger partial charge in [0.2, 0.25) is 11.9 Å². The minimum Gasteiger partial charge on any atom is -0.495 e. The van der Waals surface area contributed by atoms with Gasteiger partial charge in [-0.1, -0.05) is 18.2 Å². The smallest absolute Gasteiger partial charge is 0.232 e. The first-order valence-corrected chi connectivity index (χ1v) is 9.89. The van der Waals surface area contributed by atoms with Crippen LogP contribution < -0.4 is 24.8 Å². The van der Waals surface area contributed by atoms with Crippen molar-refractivity contribution in [3.63, 3.8) is 0 Å². The summed E-state index contributed by atoms with van der Waals surface area (Å²) in [6.07, 6.45) is 1.48. The van der Waals surface area contributed by atoms with E-state index < -0.39 is 12.0 Å². The number of ether oxygens (including phenoxy) is 3. The molecule has 9 heteroatoms. The van der Waals surface area contributed by atoms with Gasteiger partial charge in [0.05, 0.1) is 39.0 Å². The predicted octanol–water partition coefficient (Wildman–Crippen LogP) is 2.96. The van der Waals surface area contributed by atoms with E-state index in [2.05, 4.69) is 20.7 Å². The average Bonchev–Trinajstić information content (AvgIpc) is 3.25. The van der Waals surface area contributed by atoms with Gasteiger partial charge in [0.1, 0.15) is 12.1 Å². The zero-order valence-electron chi connectivity index (χ0n) is 17.8. The molecule has 4 rings (SSSR count). The zero-order chi connectivity index (χ0) is 22.0. The van der Waals surface area contributed by atoms with Crippen molar-refractivity contribution in [1.82, 2.24) is 14.8 Å². The molecule has 2 aromatic carbocycles. The Morgan fingerprint density at radius 1 is 1.03 bits per heavy atom. The number of methoxy groups -OCH3 is 3. The number of fused-ring (bicyclic) bond motifs is 1. The molecule has 0 aliphatic carbocycles. The molecule has 1 aromatic heterocycles. The molecule has 1 amide bonds. The van der Waals surface area contributed by atoms with Crippen LogP contribution in [0.1, 0.15) is 18.5 Å². The number of anilines is 2. The number of hydrogen-bond acceptors (Lipinski definition) is 7. The second kappa shape index (κ2) is 8.55. The van der Waals surface area contributed by atoms with E-state index in [9.17, 15) is 4.79 Å². The molecule has 31 heavy (non-hydrogen) atoms. The number of carbonyl (C=O) groups is 1. The highest BCUT2D eigenvalue weighted by Crippen LogP contribution is 2.40. The highest BCUT2D eigenvalue weighted by Gasteiger charge is 2.41. The van der Waals surface area contributed by atoms with Gasteiger partial charge in [-0.05, 0) is 36.8 Å². The lowest BCUT2D eigenvalue weighted by Gasteiger charge is -2.37. The highest BCUT2D eigenvalue weighted by molar-refractivity contribution is 5.95. The van der Waals surface area contributed by atoms with Crippen LogP contribution in [0.4, 0.5) is 11.6 Å². The normalized spacial score (nSPS) is 19.7. The zero-order valence-corrected chi connectivity index (χ0v) is 17.8. The van der Waals surface area contributed by atoms with Crippen LogP contribution in [0.3, 0.4) is 0 Å². The van der Waals surface area contributed by atoms with E-state index >= 15 is 0 Å². The Morgan fingerprint density at radius 2 is 1.77 bits per heavy atom. The van der Waals surface area contributed by atoms with Gasteiger partial charge in [0, 0.05) is 6.04 Å². The SMILES string of the molecule is COc1ccccc1NC(=O)C1C(C)Nc2ncnn2C1c1ccc(OC)c(OC)c1. The van der Waals surface area contributed by atoms with Crippen molar-refractivity contribution < 1.29 is 19.0 Å². The Morgan fingerprint density at radius 3 is 2.52 bits per heavy atom. The molecule has 0 spiro atoms. The van der Waals surface area contributed by atoms with Gasteiger partial charge in [-0.3, -0.25) is 4.79 Å². The lowest BCUT2D eigenvalue weighted by Crippen LogP contribution is -2.46. The summed E-state index contributed by atoms with van der Waals surface area (Å²) in [5.74, 6) is 1.74. The number of amides is 1. The number of hydrogen-bond donors (Lipinski definition) is 2. The van der Waals surface area contributed by atoms with Crippen molar-refractivity contribution in [2.45, 2.75) is 19.0 Å². The molecule has 0 radical (unpaired) electrons. The van der Waals surface area contributed by atoms with E-state index in [0.717, 1.165) is 5.56 Å². The number of nitrogens with one attached hydrogen (secondary N) is 2. The van der Waals surface area contributed by atoms with Gasteiger partial charge >= 0.3 is 0 Å². The highest BCUT2D eigenvalue weighted by atomic mass is 16.5. The van der Waals surface area contributed by atoms with Gasteiger partial charge in [0.25, 0.3) is 0 Å². The van der Waals surface area contributed by atoms with Crippen LogP contribution in [-0.4, -0.2) is 48.0 Å². The molecule has 1 aliphatic rings. The molecule has 2 heterocycles. The molecule has 0 bridgehead atoms. The van der Waals surface area contributed by atoms with Crippen molar-refractivity contribution in [2.24, 2.45) is 5.92 Å². The molecule has 0 saturated heterocycles. The molecule has 3 aromatic rings. The molecule has 3 atom stereocenters. The summed E-state index contributed by atoms with van der Waals surface area (Å²) < 4.78 is 18.0. The number of aromatic nitrogens is 3. The van der Waals surface area contributed by atoms with Crippen LogP contribution in [0.15, 0.2) is 48.8 Å². The second-order valence-electron chi connectivity index (χ2n) is 7.24. The van der Waals surface area contributed by atoms with Crippen LogP contribution in [0.5, 0.6) is 17.2 Å². The third-order valence-electron chi connectivity index (χ3n) is 5.49. The minimum absolute atomic E-state index is 0.162. The number of rotatable bonds is 6. The van der Waals surface area contributed by atoms with Gasteiger partial charge < -0.3 is 24.8 Å². The Bertz CT molecular complexity index is 1080. The van der Waals surface area contributed by atoms with E-state index in [1.807, 2.05) is 43.3 Å². The number of carbonyl (C=O) groups excluding carboxylic acids is 1. The molecular formula is C22H25N5O4. The van der Waals surface area contributed by atoms with Crippen molar-refractivity contribution in [3.8, 4) is 17.2 Å². The van der Waals surface area contributed by atoms with E-state index in [0.29, 0.717) is 28.9 Å². The number of nitrogens with zero attached hydrogens (tertiary/aromatic N) is 3. The molecule has 1 aliphatic heterocycles. The fraction of sp³-hybridized carbons (Fsp3) is 0.318. The van der Waals surface area contributed by atoms with E-state index in [1.54, 1.807) is 32.1 Å². The molecule has 9 nitrogen and oxygen atoms in total. The summed E-state index contributed by atoms with van der Waals surface area (Å²) >= 11 is 0. The molecular weight excluding hydrogens is 398 g/mol. The lowest BCUT2D eigenvalue weighted by atomic mass is 9.85. The van der Waals surface area contributed by atoms with E-state index in [-0.39, 0.29) is 11.9 Å². The lowest BCUT2D eigenvalue weighted by molar-refractivity contribution is -0.121.